The van der Waals surface area contributed by atoms with Gasteiger partial charge in [0.15, 0.2) is 5.82 Å². The molecular formula is C22H26F3N5O4. The maximum Gasteiger partial charge on any atom is 0.433 e. The van der Waals surface area contributed by atoms with Crippen LogP contribution in [0.4, 0.5) is 23.8 Å². The summed E-state index contributed by atoms with van der Waals surface area (Å²) in [7, 11) is 0. The van der Waals surface area contributed by atoms with Crippen LogP contribution in [0.1, 0.15) is 52.6 Å². The van der Waals surface area contributed by atoms with E-state index in [9.17, 15) is 32.7 Å². The summed E-state index contributed by atoms with van der Waals surface area (Å²) in [5.41, 5.74) is -1.53. The highest BCUT2D eigenvalue weighted by Crippen LogP contribution is 2.32. The Bertz CT molecular complexity index is 1050. The molecule has 0 aliphatic carbocycles. The van der Waals surface area contributed by atoms with Gasteiger partial charge in [-0.25, -0.2) is 4.79 Å². The zero-order valence-electron chi connectivity index (χ0n) is 18.6. The molecule has 0 bridgehead atoms. The van der Waals surface area contributed by atoms with Crippen molar-refractivity contribution in [2.75, 3.05) is 37.6 Å². The zero-order chi connectivity index (χ0) is 24.9. The molecule has 1 aromatic heterocycles. The molecule has 2 aromatic rings. The van der Waals surface area contributed by atoms with Crippen LogP contribution in [-0.4, -0.2) is 70.4 Å². The Hall–Kier alpha value is -3.57. The van der Waals surface area contributed by atoms with Crippen molar-refractivity contribution in [3.8, 4) is 0 Å². The van der Waals surface area contributed by atoms with Gasteiger partial charge >= 0.3 is 12.3 Å². The fourth-order valence-corrected chi connectivity index (χ4v) is 3.72. The number of carbonyl (C=O) groups excluding carboxylic acids is 2. The van der Waals surface area contributed by atoms with Crippen molar-refractivity contribution in [1.82, 2.24) is 20.0 Å². The number of nitrogens with zero attached hydrogens (tertiary/aromatic N) is 4. The van der Waals surface area contributed by atoms with Gasteiger partial charge in [-0.05, 0) is 18.6 Å². The summed E-state index contributed by atoms with van der Waals surface area (Å²) < 4.78 is 40.4. The quantitative estimate of drug-likeness (QED) is 0.588. The maximum atomic E-state index is 13.3. The molecule has 2 N–H and O–H groups in total. The fraction of sp³-hybridized carbons (Fsp3) is 0.455. The highest BCUT2D eigenvalue weighted by atomic mass is 19.4. The molecule has 9 nitrogen and oxygen atoms in total. The Morgan fingerprint density at radius 1 is 1.09 bits per heavy atom. The van der Waals surface area contributed by atoms with E-state index >= 15 is 0 Å². The standard InChI is InChI=1S/C22H26F3N5O4/c1-2-3-6-9-26-19(31)17-14-18(27-30(17)21(33)34)28-10-12-29(13-11-28)20(32)15-7-4-5-8-16(15)22(23,24)25/h4-5,7-8,14H,2-3,6,9-13H2,1H3,(H,26,31)(H,33,34). The van der Waals surface area contributed by atoms with E-state index in [4.69, 9.17) is 0 Å². The second-order valence-electron chi connectivity index (χ2n) is 7.87. The molecule has 0 atom stereocenters. The molecule has 2 heterocycles. The summed E-state index contributed by atoms with van der Waals surface area (Å²) >= 11 is 0. The van der Waals surface area contributed by atoms with E-state index < -0.39 is 35.2 Å². The van der Waals surface area contributed by atoms with E-state index in [1.807, 2.05) is 6.92 Å². The highest BCUT2D eigenvalue weighted by molar-refractivity contribution is 5.97. The number of amides is 2. The van der Waals surface area contributed by atoms with Gasteiger partial charge < -0.3 is 20.2 Å². The average molecular weight is 481 g/mol. The van der Waals surface area contributed by atoms with Crippen molar-refractivity contribution < 1.29 is 32.7 Å². The number of unbranched alkanes of at least 4 members (excludes halogenated alkanes) is 2. The Labute approximate surface area is 194 Å². The number of benzene rings is 1. The van der Waals surface area contributed by atoms with Crippen LogP contribution in [0.5, 0.6) is 0 Å². The zero-order valence-corrected chi connectivity index (χ0v) is 18.6. The molecule has 1 saturated heterocycles. The Morgan fingerprint density at radius 3 is 2.38 bits per heavy atom. The average Bonchev–Trinajstić information content (AvgIpc) is 3.27. The minimum absolute atomic E-state index is 0.115. The van der Waals surface area contributed by atoms with Crippen LogP contribution in [0.15, 0.2) is 30.3 Å². The van der Waals surface area contributed by atoms with Gasteiger partial charge in [0.25, 0.3) is 11.8 Å². The van der Waals surface area contributed by atoms with Crippen LogP contribution in [0, 0.1) is 0 Å². The number of halogens is 3. The molecule has 184 valence electrons. The number of piperazine rings is 1. The largest absolute Gasteiger partial charge is 0.463 e. The van der Waals surface area contributed by atoms with Crippen LogP contribution in [0.25, 0.3) is 0 Å². The van der Waals surface area contributed by atoms with E-state index in [0.717, 1.165) is 31.4 Å². The molecule has 0 saturated carbocycles. The minimum Gasteiger partial charge on any atom is -0.463 e. The third kappa shape index (κ3) is 5.67. The van der Waals surface area contributed by atoms with Gasteiger partial charge in [0.2, 0.25) is 0 Å². The van der Waals surface area contributed by atoms with Gasteiger partial charge in [-0.1, -0.05) is 31.9 Å². The second kappa shape index (κ2) is 10.6. The molecule has 1 aliphatic rings. The first kappa shape index (κ1) is 25.1. The smallest absolute Gasteiger partial charge is 0.433 e. The highest BCUT2D eigenvalue weighted by Gasteiger charge is 2.36. The molecular weight excluding hydrogens is 455 g/mol. The number of alkyl halides is 3. The van der Waals surface area contributed by atoms with Crippen molar-refractivity contribution in [1.29, 1.82) is 0 Å². The van der Waals surface area contributed by atoms with Crippen LogP contribution in [0.3, 0.4) is 0 Å². The molecule has 1 fully saturated rings. The number of nitrogens with one attached hydrogen (secondary N) is 1. The van der Waals surface area contributed by atoms with Gasteiger partial charge in [-0.3, -0.25) is 9.59 Å². The van der Waals surface area contributed by atoms with Gasteiger partial charge in [0, 0.05) is 38.8 Å². The van der Waals surface area contributed by atoms with Crippen LogP contribution in [-0.2, 0) is 6.18 Å². The molecule has 1 aliphatic heterocycles. The van der Waals surface area contributed by atoms with Crippen LogP contribution < -0.4 is 10.2 Å². The van der Waals surface area contributed by atoms with Crippen molar-refractivity contribution >= 4 is 23.7 Å². The third-order valence-corrected chi connectivity index (χ3v) is 5.53. The third-order valence-electron chi connectivity index (χ3n) is 5.53. The lowest BCUT2D eigenvalue weighted by Gasteiger charge is -2.35. The number of aromatic nitrogens is 2. The van der Waals surface area contributed by atoms with Gasteiger partial charge in [0.1, 0.15) is 5.69 Å². The lowest BCUT2D eigenvalue weighted by atomic mass is 10.1. The summed E-state index contributed by atoms with van der Waals surface area (Å²) in [5.74, 6) is -1.05. The number of carbonyl (C=O) groups is 3. The molecule has 0 radical (unpaired) electrons. The number of carboxylic acid groups (broad SMARTS) is 1. The van der Waals surface area contributed by atoms with Gasteiger partial charge in [0.05, 0.1) is 11.1 Å². The Morgan fingerprint density at radius 2 is 1.76 bits per heavy atom. The van der Waals surface area contributed by atoms with E-state index in [2.05, 4.69) is 10.4 Å². The SMILES string of the molecule is CCCCCNC(=O)c1cc(N2CCN(C(=O)c3ccccc3C(F)(F)F)CC2)nn1C(=O)O. The lowest BCUT2D eigenvalue weighted by Crippen LogP contribution is -2.49. The van der Waals surface area contributed by atoms with Crippen molar-refractivity contribution in [2.24, 2.45) is 0 Å². The second-order valence-corrected chi connectivity index (χ2v) is 7.87. The van der Waals surface area contributed by atoms with Gasteiger partial charge in [-0.2, -0.15) is 17.9 Å². The molecule has 1 aromatic carbocycles. The van der Waals surface area contributed by atoms with Crippen LogP contribution in [0.2, 0.25) is 0 Å². The Balaban J connectivity index is 1.69. The van der Waals surface area contributed by atoms with Crippen LogP contribution >= 0.6 is 0 Å². The van der Waals surface area contributed by atoms with Crippen molar-refractivity contribution in [2.45, 2.75) is 32.4 Å². The summed E-state index contributed by atoms with van der Waals surface area (Å²) in [5, 5.41) is 16.1. The number of hydrogen-bond acceptors (Lipinski definition) is 5. The molecule has 34 heavy (non-hydrogen) atoms. The van der Waals surface area contributed by atoms with E-state index in [0.29, 0.717) is 11.2 Å². The number of hydrogen-bond donors (Lipinski definition) is 2. The number of rotatable bonds is 7. The van der Waals surface area contributed by atoms with E-state index in [1.165, 1.54) is 23.1 Å². The number of anilines is 1. The summed E-state index contributed by atoms with van der Waals surface area (Å²) in [4.78, 5) is 39.8. The van der Waals surface area contributed by atoms with E-state index in [-0.39, 0.29) is 37.7 Å². The normalized spacial score (nSPS) is 14.2. The minimum atomic E-state index is -4.65. The first-order chi connectivity index (χ1) is 16.1. The predicted molar refractivity (Wildman–Crippen MR) is 117 cm³/mol. The molecule has 3 rings (SSSR count). The summed E-state index contributed by atoms with van der Waals surface area (Å²) in [6, 6.07) is 5.99. The lowest BCUT2D eigenvalue weighted by molar-refractivity contribution is -0.138. The van der Waals surface area contributed by atoms with E-state index in [1.54, 1.807) is 4.90 Å². The molecule has 12 heteroatoms. The fourth-order valence-electron chi connectivity index (χ4n) is 3.72. The molecule has 2 amide bonds. The monoisotopic (exact) mass is 481 g/mol. The molecule has 0 unspecified atom stereocenters. The predicted octanol–water partition coefficient (Wildman–Crippen LogP) is 3.31. The first-order valence-corrected chi connectivity index (χ1v) is 11.0. The first-order valence-electron chi connectivity index (χ1n) is 11.0. The van der Waals surface area contributed by atoms with Crippen molar-refractivity contribution in [3.63, 3.8) is 0 Å². The maximum absolute atomic E-state index is 13.3. The summed E-state index contributed by atoms with van der Waals surface area (Å²) in [6.07, 6.45) is -3.39. The topological polar surface area (TPSA) is 108 Å². The summed E-state index contributed by atoms with van der Waals surface area (Å²) in [6.45, 7) is 3.10. The van der Waals surface area contributed by atoms with Crippen molar-refractivity contribution in [3.05, 3.63) is 47.2 Å². The Kier molecular flexibility index (Phi) is 7.79. The molecule has 0 spiro atoms. The van der Waals surface area contributed by atoms with Gasteiger partial charge in [-0.15, -0.1) is 5.10 Å².